The third-order valence-corrected chi connectivity index (χ3v) is 5.06. The lowest BCUT2D eigenvalue weighted by Gasteiger charge is -2.15. The van der Waals surface area contributed by atoms with E-state index in [-0.39, 0.29) is 5.82 Å². The molecule has 0 saturated carbocycles. The molecule has 2 aromatic carbocycles. The Kier molecular flexibility index (Phi) is 5.55. The fourth-order valence-electron chi connectivity index (χ4n) is 3.03. The van der Waals surface area contributed by atoms with Gasteiger partial charge in [-0.05, 0) is 49.8 Å². The van der Waals surface area contributed by atoms with Gasteiger partial charge in [-0.3, -0.25) is 4.57 Å². The van der Waals surface area contributed by atoms with Gasteiger partial charge in [-0.1, -0.05) is 35.9 Å². The summed E-state index contributed by atoms with van der Waals surface area (Å²) >= 11 is 11.8. The van der Waals surface area contributed by atoms with Crippen molar-refractivity contribution in [2.24, 2.45) is 0 Å². The average molecular weight is 392 g/mol. The van der Waals surface area contributed by atoms with Gasteiger partial charge in [-0.2, -0.15) is 9.78 Å². The van der Waals surface area contributed by atoms with Crippen molar-refractivity contribution in [1.82, 2.24) is 14.3 Å². The van der Waals surface area contributed by atoms with Gasteiger partial charge >= 0.3 is 0 Å². The molecule has 1 unspecified atom stereocenters. The smallest absolute Gasteiger partial charge is 0.207 e. The largest absolute Gasteiger partial charge is 0.315 e. The highest BCUT2D eigenvalue weighted by atomic mass is 35.5. The normalized spacial score (nSPS) is 12.3. The van der Waals surface area contributed by atoms with Crippen molar-refractivity contribution in [1.29, 1.82) is 0 Å². The van der Waals surface area contributed by atoms with Gasteiger partial charge in [0.15, 0.2) is 6.67 Å². The van der Waals surface area contributed by atoms with E-state index in [0.29, 0.717) is 28.6 Å². The summed E-state index contributed by atoms with van der Waals surface area (Å²) in [5, 5.41) is 5.02. The molecule has 0 bridgehead atoms. The van der Waals surface area contributed by atoms with Gasteiger partial charge in [0.2, 0.25) is 4.77 Å². The lowest BCUT2D eigenvalue weighted by molar-refractivity contribution is -0.917. The Bertz CT molecular complexity index is 975. The molecule has 0 spiro atoms. The van der Waals surface area contributed by atoms with E-state index in [1.165, 1.54) is 6.07 Å². The Hall–Kier alpha value is -2.02. The predicted molar refractivity (Wildman–Crippen MR) is 104 cm³/mol. The maximum Gasteiger partial charge on any atom is 0.207 e. The van der Waals surface area contributed by atoms with Crippen molar-refractivity contribution in [3.8, 4) is 5.69 Å². The molecule has 26 heavy (non-hydrogen) atoms. The Morgan fingerprint density at radius 3 is 2.58 bits per heavy atom. The molecular weight excluding hydrogens is 371 g/mol. The topological polar surface area (TPSA) is 27.2 Å². The van der Waals surface area contributed by atoms with Crippen LogP contribution in [0.15, 0.2) is 42.5 Å². The molecule has 0 amide bonds. The van der Waals surface area contributed by atoms with Crippen LogP contribution in [-0.4, -0.2) is 21.4 Å². The van der Waals surface area contributed by atoms with E-state index >= 15 is 0 Å². The molecule has 1 N–H and O–H groups in total. The summed E-state index contributed by atoms with van der Waals surface area (Å²) in [6, 6.07) is 12.8. The van der Waals surface area contributed by atoms with Gasteiger partial charge in [0.1, 0.15) is 18.2 Å². The second kappa shape index (κ2) is 7.70. The van der Waals surface area contributed by atoms with E-state index in [0.717, 1.165) is 22.0 Å². The summed E-state index contributed by atoms with van der Waals surface area (Å²) < 4.78 is 18.4. The molecule has 0 aliphatic heterocycles. The molecule has 3 rings (SSSR count). The molecule has 1 aromatic heterocycles. The Morgan fingerprint density at radius 2 is 1.88 bits per heavy atom. The Balaban J connectivity index is 1.86. The number of aryl methyl sites for hydroxylation is 2. The fraction of sp³-hybridized carbons (Fsp3) is 0.263. The molecule has 0 radical (unpaired) electrons. The van der Waals surface area contributed by atoms with Crippen LogP contribution < -0.4 is 4.90 Å². The second-order valence-electron chi connectivity index (χ2n) is 6.44. The van der Waals surface area contributed by atoms with E-state index in [9.17, 15) is 4.39 Å². The van der Waals surface area contributed by atoms with Gasteiger partial charge in [-0.25, -0.2) is 4.39 Å². The van der Waals surface area contributed by atoms with Gasteiger partial charge in [0.25, 0.3) is 0 Å². The van der Waals surface area contributed by atoms with Crippen LogP contribution in [0.4, 0.5) is 4.39 Å². The number of para-hydroxylation sites is 1. The zero-order valence-corrected chi connectivity index (χ0v) is 16.5. The first kappa shape index (κ1) is 18.8. The summed E-state index contributed by atoms with van der Waals surface area (Å²) in [6.45, 7) is 4.94. The van der Waals surface area contributed by atoms with Crippen LogP contribution in [0.25, 0.3) is 5.69 Å². The van der Waals surface area contributed by atoms with Crippen LogP contribution >= 0.6 is 23.8 Å². The highest BCUT2D eigenvalue weighted by Crippen LogP contribution is 2.18. The van der Waals surface area contributed by atoms with E-state index in [2.05, 4.69) is 5.10 Å². The molecule has 4 nitrogen and oxygen atoms in total. The predicted octanol–water partition coefficient (Wildman–Crippen LogP) is 3.49. The summed E-state index contributed by atoms with van der Waals surface area (Å²) in [5.41, 5.74) is 2.66. The van der Waals surface area contributed by atoms with Crippen LogP contribution in [0, 0.1) is 24.4 Å². The molecular formula is C19H21ClFN4S+. The van der Waals surface area contributed by atoms with Crippen molar-refractivity contribution >= 4 is 23.8 Å². The fourth-order valence-corrected chi connectivity index (χ4v) is 3.59. The highest BCUT2D eigenvalue weighted by Gasteiger charge is 2.16. The number of hydrogen-bond donors (Lipinski definition) is 1. The molecule has 0 aliphatic carbocycles. The third kappa shape index (κ3) is 3.72. The van der Waals surface area contributed by atoms with Crippen molar-refractivity contribution in [2.75, 3.05) is 7.05 Å². The molecule has 7 heteroatoms. The summed E-state index contributed by atoms with van der Waals surface area (Å²) in [4.78, 5) is 1.03. The Labute approximate surface area is 162 Å². The second-order valence-corrected chi connectivity index (χ2v) is 7.22. The third-order valence-electron chi connectivity index (χ3n) is 4.32. The number of hydrogen-bond acceptors (Lipinski definition) is 2. The van der Waals surface area contributed by atoms with Crippen LogP contribution in [0.2, 0.25) is 5.02 Å². The number of nitrogens with one attached hydrogen (secondary N) is 1. The van der Waals surface area contributed by atoms with Crippen LogP contribution in [0.1, 0.15) is 17.0 Å². The minimum Gasteiger partial charge on any atom is -0.315 e. The summed E-state index contributed by atoms with van der Waals surface area (Å²) in [5.74, 6) is 0.531. The van der Waals surface area contributed by atoms with E-state index in [1.807, 2.05) is 49.7 Å². The van der Waals surface area contributed by atoms with E-state index in [4.69, 9.17) is 23.8 Å². The number of nitrogens with zero attached hydrogens (tertiary/aromatic N) is 3. The van der Waals surface area contributed by atoms with Gasteiger partial charge < -0.3 is 4.90 Å². The number of benzene rings is 2. The first-order valence-electron chi connectivity index (χ1n) is 8.35. The van der Waals surface area contributed by atoms with E-state index < -0.39 is 0 Å². The first-order valence-corrected chi connectivity index (χ1v) is 9.13. The monoisotopic (exact) mass is 391 g/mol. The van der Waals surface area contributed by atoms with E-state index in [1.54, 1.807) is 16.8 Å². The average Bonchev–Trinajstić information content (AvgIpc) is 2.86. The molecule has 0 saturated heterocycles. The van der Waals surface area contributed by atoms with Gasteiger partial charge in [0, 0.05) is 0 Å². The quantitative estimate of drug-likeness (QED) is 0.674. The first-order chi connectivity index (χ1) is 12.4. The maximum atomic E-state index is 14.0. The zero-order chi connectivity index (χ0) is 18.8. The molecule has 1 heterocycles. The lowest BCUT2D eigenvalue weighted by Crippen LogP contribution is -3.07. The van der Waals surface area contributed by atoms with Crippen molar-refractivity contribution in [3.63, 3.8) is 0 Å². The number of halogens is 2. The van der Waals surface area contributed by atoms with Crippen LogP contribution in [0.5, 0.6) is 0 Å². The summed E-state index contributed by atoms with van der Waals surface area (Å²) in [6.07, 6.45) is 0. The van der Waals surface area contributed by atoms with Crippen LogP contribution in [0.3, 0.4) is 0 Å². The van der Waals surface area contributed by atoms with Crippen molar-refractivity contribution < 1.29 is 9.29 Å². The molecule has 0 aliphatic rings. The standard InChI is InChI=1S/C19H20ClFN4S/c1-13-7-4-5-10-18(13)25-14(2)22-24(19(25)26)12-23(3)11-15-16(20)8-6-9-17(15)21/h4-10H,11-12H2,1-3H3/p+1. The SMILES string of the molecule is Cc1ccccc1-n1c(C)nn(C[NH+](C)Cc2c(F)cccc2Cl)c1=S. The number of quaternary nitrogens is 1. The van der Waals surface area contributed by atoms with Gasteiger partial charge in [0.05, 0.1) is 23.3 Å². The molecule has 3 aromatic rings. The molecule has 0 fully saturated rings. The minimum atomic E-state index is -0.290. The Morgan fingerprint density at radius 1 is 1.15 bits per heavy atom. The summed E-state index contributed by atoms with van der Waals surface area (Å²) in [7, 11) is 1.96. The van der Waals surface area contributed by atoms with Crippen molar-refractivity contribution in [3.05, 3.63) is 75.0 Å². The lowest BCUT2D eigenvalue weighted by atomic mass is 10.2. The van der Waals surface area contributed by atoms with Crippen LogP contribution in [-0.2, 0) is 13.2 Å². The number of aromatic nitrogens is 3. The number of rotatable bonds is 5. The minimum absolute atomic E-state index is 0.290. The van der Waals surface area contributed by atoms with Gasteiger partial charge in [-0.15, -0.1) is 0 Å². The molecule has 136 valence electrons. The maximum absolute atomic E-state index is 14.0. The van der Waals surface area contributed by atoms with Crippen molar-refractivity contribution in [2.45, 2.75) is 27.1 Å². The molecule has 1 atom stereocenters. The zero-order valence-electron chi connectivity index (χ0n) is 15.0. The highest BCUT2D eigenvalue weighted by molar-refractivity contribution is 7.71.